The topological polar surface area (TPSA) is 32.3 Å². The van der Waals surface area contributed by atoms with Gasteiger partial charge in [0.15, 0.2) is 0 Å². The van der Waals surface area contributed by atoms with E-state index in [0.29, 0.717) is 5.91 Å². The number of nitrogens with one attached hydrogen (secondary N) is 1. The molecule has 1 aromatic rings. The molecule has 1 atom stereocenters. The van der Waals surface area contributed by atoms with Crippen molar-refractivity contribution in [1.29, 1.82) is 0 Å². The van der Waals surface area contributed by atoms with E-state index in [2.05, 4.69) is 23.5 Å². The number of benzene rings is 1. The Morgan fingerprint density at radius 2 is 2.12 bits per heavy atom. The lowest BCUT2D eigenvalue weighted by Gasteiger charge is -2.25. The number of hydrogen-bond acceptors (Lipinski definition) is 2. The minimum Gasteiger partial charge on any atom is -0.385 e. The van der Waals surface area contributed by atoms with E-state index in [1.165, 1.54) is 11.3 Å². The number of carbonyl (C=O) groups is 1. The van der Waals surface area contributed by atoms with Crippen LogP contribution in [-0.2, 0) is 11.2 Å². The van der Waals surface area contributed by atoms with Crippen LogP contribution in [0.2, 0.25) is 0 Å². The molecule has 2 aliphatic heterocycles. The summed E-state index contributed by atoms with van der Waals surface area (Å²) in [6.45, 7) is 1.80. The maximum absolute atomic E-state index is 12.3. The quantitative estimate of drug-likeness (QED) is 0.738. The van der Waals surface area contributed by atoms with Gasteiger partial charge in [-0.1, -0.05) is 18.2 Å². The standard InChI is InChI=1S/C14H18N2O/c1-16-9-7-14(13(16)17)6-8-15-12-5-3-2-4-11(12)10-14/h2-5,15H,6-10H2,1H3. The zero-order valence-corrected chi connectivity index (χ0v) is 10.2. The molecular formula is C14H18N2O. The number of amides is 1. The Bertz CT molecular complexity index is 457. The van der Waals surface area contributed by atoms with Gasteiger partial charge in [0.1, 0.15) is 0 Å². The molecule has 2 aliphatic rings. The molecule has 0 aliphatic carbocycles. The molecule has 0 aromatic heterocycles. The first kappa shape index (κ1) is 10.6. The third-order valence-corrected chi connectivity index (χ3v) is 4.19. The Kier molecular flexibility index (Phi) is 2.35. The zero-order chi connectivity index (χ0) is 11.9. The summed E-state index contributed by atoms with van der Waals surface area (Å²) in [4.78, 5) is 14.2. The SMILES string of the molecule is CN1CCC2(CCNc3ccccc3C2)C1=O. The average Bonchev–Trinajstić information content (AvgIpc) is 2.55. The van der Waals surface area contributed by atoms with Crippen molar-refractivity contribution in [3.8, 4) is 0 Å². The molecule has 1 spiro atoms. The molecule has 90 valence electrons. The van der Waals surface area contributed by atoms with Crippen LogP contribution < -0.4 is 5.32 Å². The van der Waals surface area contributed by atoms with Gasteiger partial charge >= 0.3 is 0 Å². The third kappa shape index (κ3) is 1.61. The molecule has 0 bridgehead atoms. The van der Waals surface area contributed by atoms with Crippen molar-refractivity contribution in [1.82, 2.24) is 4.90 Å². The largest absolute Gasteiger partial charge is 0.385 e. The lowest BCUT2D eigenvalue weighted by atomic mass is 9.78. The number of hydrogen-bond donors (Lipinski definition) is 1. The summed E-state index contributed by atoms with van der Waals surface area (Å²) in [6.07, 6.45) is 2.84. The lowest BCUT2D eigenvalue weighted by molar-refractivity contribution is -0.135. The van der Waals surface area contributed by atoms with E-state index >= 15 is 0 Å². The van der Waals surface area contributed by atoms with Crippen LogP contribution in [0.25, 0.3) is 0 Å². The second kappa shape index (κ2) is 3.76. The normalized spacial score (nSPS) is 27.8. The number of anilines is 1. The van der Waals surface area contributed by atoms with E-state index in [4.69, 9.17) is 0 Å². The minimum atomic E-state index is -0.144. The Labute approximate surface area is 102 Å². The highest BCUT2D eigenvalue weighted by Crippen LogP contribution is 2.41. The molecule has 3 rings (SSSR count). The molecule has 0 saturated carbocycles. The molecular weight excluding hydrogens is 212 g/mol. The third-order valence-electron chi connectivity index (χ3n) is 4.19. The fraction of sp³-hybridized carbons (Fsp3) is 0.500. The molecule has 3 nitrogen and oxygen atoms in total. The molecule has 3 heteroatoms. The molecule has 1 aromatic carbocycles. The number of rotatable bonds is 0. The number of fused-ring (bicyclic) bond motifs is 1. The highest BCUT2D eigenvalue weighted by atomic mass is 16.2. The summed E-state index contributed by atoms with van der Waals surface area (Å²) in [5.41, 5.74) is 2.34. The van der Waals surface area contributed by atoms with E-state index in [9.17, 15) is 4.79 Å². The van der Waals surface area contributed by atoms with Gasteiger partial charge in [-0.15, -0.1) is 0 Å². The molecule has 2 heterocycles. The van der Waals surface area contributed by atoms with Crippen LogP contribution in [0, 0.1) is 5.41 Å². The van der Waals surface area contributed by atoms with Gasteiger partial charge in [-0.3, -0.25) is 4.79 Å². The van der Waals surface area contributed by atoms with Crippen LogP contribution in [0.15, 0.2) is 24.3 Å². The van der Waals surface area contributed by atoms with Crippen LogP contribution in [0.4, 0.5) is 5.69 Å². The van der Waals surface area contributed by atoms with Gasteiger partial charge in [-0.25, -0.2) is 0 Å². The average molecular weight is 230 g/mol. The van der Waals surface area contributed by atoms with Crippen LogP contribution in [0.3, 0.4) is 0 Å². The van der Waals surface area contributed by atoms with Gasteiger partial charge in [-0.2, -0.15) is 0 Å². The molecule has 1 saturated heterocycles. The molecule has 1 amide bonds. The lowest BCUT2D eigenvalue weighted by Crippen LogP contribution is -2.34. The number of nitrogens with zero attached hydrogens (tertiary/aromatic N) is 1. The van der Waals surface area contributed by atoms with E-state index < -0.39 is 0 Å². The summed E-state index contributed by atoms with van der Waals surface area (Å²) < 4.78 is 0. The molecule has 1 N–H and O–H groups in total. The van der Waals surface area contributed by atoms with Gasteiger partial charge in [-0.05, 0) is 30.9 Å². The number of para-hydroxylation sites is 1. The van der Waals surface area contributed by atoms with Crippen molar-refractivity contribution >= 4 is 11.6 Å². The summed E-state index contributed by atoms with van der Waals surface area (Å²) in [6, 6.07) is 8.35. The summed E-state index contributed by atoms with van der Waals surface area (Å²) in [5.74, 6) is 0.330. The van der Waals surface area contributed by atoms with Crippen molar-refractivity contribution in [2.45, 2.75) is 19.3 Å². The summed E-state index contributed by atoms with van der Waals surface area (Å²) in [7, 11) is 1.92. The first-order valence-electron chi connectivity index (χ1n) is 6.29. The predicted molar refractivity (Wildman–Crippen MR) is 67.9 cm³/mol. The second-order valence-electron chi connectivity index (χ2n) is 5.27. The molecule has 17 heavy (non-hydrogen) atoms. The van der Waals surface area contributed by atoms with Crippen molar-refractivity contribution in [3.05, 3.63) is 29.8 Å². The zero-order valence-electron chi connectivity index (χ0n) is 10.2. The van der Waals surface area contributed by atoms with Crippen LogP contribution in [-0.4, -0.2) is 30.9 Å². The van der Waals surface area contributed by atoms with Crippen molar-refractivity contribution in [2.75, 3.05) is 25.5 Å². The highest BCUT2D eigenvalue weighted by Gasteiger charge is 2.45. The Balaban J connectivity index is 1.98. The van der Waals surface area contributed by atoms with Gasteiger partial charge in [0, 0.05) is 25.8 Å². The fourth-order valence-electron chi connectivity index (χ4n) is 3.13. The number of carbonyl (C=O) groups excluding carboxylic acids is 1. The van der Waals surface area contributed by atoms with E-state index in [1.54, 1.807) is 0 Å². The number of likely N-dealkylation sites (tertiary alicyclic amines) is 1. The molecule has 1 fully saturated rings. The van der Waals surface area contributed by atoms with E-state index in [1.807, 2.05) is 18.0 Å². The monoisotopic (exact) mass is 230 g/mol. The van der Waals surface area contributed by atoms with Gasteiger partial charge in [0.2, 0.25) is 5.91 Å². The Morgan fingerprint density at radius 1 is 1.29 bits per heavy atom. The molecule has 0 radical (unpaired) electrons. The van der Waals surface area contributed by atoms with Gasteiger partial charge in [0.25, 0.3) is 0 Å². The van der Waals surface area contributed by atoms with Crippen LogP contribution >= 0.6 is 0 Å². The van der Waals surface area contributed by atoms with Crippen molar-refractivity contribution in [3.63, 3.8) is 0 Å². The van der Waals surface area contributed by atoms with Crippen molar-refractivity contribution in [2.24, 2.45) is 5.41 Å². The van der Waals surface area contributed by atoms with Crippen LogP contribution in [0.5, 0.6) is 0 Å². The first-order valence-corrected chi connectivity index (χ1v) is 6.29. The summed E-state index contributed by atoms with van der Waals surface area (Å²) >= 11 is 0. The maximum atomic E-state index is 12.3. The van der Waals surface area contributed by atoms with Crippen LogP contribution in [0.1, 0.15) is 18.4 Å². The van der Waals surface area contributed by atoms with Crippen molar-refractivity contribution < 1.29 is 4.79 Å². The predicted octanol–water partition coefficient (Wildman–Crippen LogP) is 1.89. The van der Waals surface area contributed by atoms with E-state index in [-0.39, 0.29) is 5.41 Å². The fourth-order valence-corrected chi connectivity index (χ4v) is 3.13. The summed E-state index contributed by atoms with van der Waals surface area (Å²) in [5, 5.41) is 3.44. The first-order chi connectivity index (χ1) is 8.21. The Hall–Kier alpha value is -1.51. The maximum Gasteiger partial charge on any atom is 0.229 e. The van der Waals surface area contributed by atoms with Gasteiger partial charge in [0.05, 0.1) is 5.41 Å². The smallest absolute Gasteiger partial charge is 0.229 e. The van der Waals surface area contributed by atoms with E-state index in [0.717, 1.165) is 32.4 Å². The highest BCUT2D eigenvalue weighted by molar-refractivity contribution is 5.85. The Morgan fingerprint density at radius 3 is 2.88 bits per heavy atom. The van der Waals surface area contributed by atoms with Gasteiger partial charge < -0.3 is 10.2 Å². The minimum absolute atomic E-state index is 0.144. The second-order valence-corrected chi connectivity index (χ2v) is 5.27. The molecule has 1 unspecified atom stereocenters.